The second-order valence-electron chi connectivity index (χ2n) is 12.1. The first-order valence-corrected chi connectivity index (χ1v) is 15.3. The summed E-state index contributed by atoms with van der Waals surface area (Å²) in [5.41, 5.74) is 5.26. The molecule has 2 fully saturated rings. The molecule has 7 nitrogen and oxygen atoms in total. The molecule has 1 saturated carbocycles. The average molecular weight is 567 g/mol. The molecule has 2 bridgehead atoms. The van der Waals surface area contributed by atoms with Crippen LogP contribution in [0.2, 0.25) is 0 Å². The first kappa shape index (κ1) is 26.9. The molecule has 2 heterocycles. The van der Waals surface area contributed by atoms with E-state index in [1.165, 1.54) is 5.56 Å². The van der Waals surface area contributed by atoms with Gasteiger partial charge in [0, 0.05) is 24.9 Å². The summed E-state index contributed by atoms with van der Waals surface area (Å²) in [5.74, 6) is 1.69. The zero-order valence-corrected chi connectivity index (χ0v) is 24.2. The number of anilines is 1. The van der Waals surface area contributed by atoms with Gasteiger partial charge in [-0.25, -0.2) is 4.79 Å². The molecule has 1 saturated heterocycles. The van der Waals surface area contributed by atoms with E-state index < -0.39 is 0 Å². The molecule has 2 amide bonds. The molecule has 3 aromatic carbocycles. The second-order valence-corrected chi connectivity index (χ2v) is 12.1. The molecular formula is C35H38N2O5. The van der Waals surface area contributed by atoms with Crippen molar-refractivity contribution >= 4 is 17.7 Å². The minimum Gasteiger partial charge on any atom is -0.486 e. The molecular weight excluding hydrogens is 528 g/mol. The highest BCUT2D eigenvalue weighted by Gasteiger charge is 2.56. The highest BCUT2D eigenvalue weighted by Crippen LogP contribution is 2.60. The van der Waals surface area contributed by atoms with Crippen molar-refractivity contribution in [2.75, 3.05) is 24.6 Å². The molecule has 2 aliphatic heterocycles. The van der Waals surface area contributed by atoms with Crippen LogP contribution in [0.4, 0.5) is 10.5 Å². The lowest BCUT2D eigenvalue weighted by atomic mass is 9.52. The molecule has 1 unspecified atom stereocenters. The molecule has 3 aromatic rings. The van der Waals surface area contributed by atoms with Crippen molar-refractivity contribution in [2.24, 2.45) is 5.92 Å². The summed E-state index contributed by atoms with van der Waals surface area (Å²) < 4.78 is 18.6. The summed E-state index contributed by atoms with van der Waals surface area (Å²) in [7, 11) is 0. The summed E-state index contributed by atoms with van der Waals surface area (Å²) in [6.07, 6.45) is 5.78. The van der Waals surface area contributed by atoms with E-state index in [9.17, 15) is 9.59 Å². The minimum atomic E-state index is -0.247. The minimum absolute atomic E-state index is 0.00508. The van der Waals surface area contributed by atoms with Crippen molar-refractivity contribution in [3.05, 3.63) is 89.0 Å². The molecule has 218 valence electrons. The third-order valence-electron chi connectivity index (χ3n) is 9.92. The predicted octanol–water partition coefficient (Wildman–Crippen LogP) is 6.41. The van der Waals surface area contributed by atoms with Gasteiger partial charge in [0.15, 0.2) is 11.5 Å². The number of hydrogen-bond donors (Lipinski definition) is 0. The Morgan fingerprint density at radius 1 is 0.952 bits per heavy atom. The monoisotopic (exact) mass is 566 g/mol. The lowest BCUT2D eigenvalue weighted by Crippen LogP contribution is -2.62. The number of likely N-dealkylation sites (tertiary alicyclic amines) is 1. The van der Waals surface area contributed by atoms with E-state index in [4.69, 9.17) is 14.2 Å². The van der Waals surface area contributed by atoms with Crippen molar-refractivity contribution in [2.45, 2.75) is 70.1 Å². The van der Waals surface area contributed by atoms with Crippen LogP contribution in [0.15, 0.2) is 66.7 Å². The molecule has 3 atom stereocenters. The Hall–Kier alpha value is -4.00. The maximum Gasteiger partial charge on any atom is 0.410 e. The summed E-state index contributed by atoms with van der Waals surface area (Å²) in [6.45, 7) is 3.90. The fourth-order valence-corrected chi connectivity index (χ4v) is 8.05. The number of fused-ring (bicyclic) bond motifs is 3. The summed E-state index contributed by atoms with van der Waals surface area (Å²) in [6, 6.07) is 22.2. The van der Waals surface area contributed by atoms with Crippen molar-refractivity contribution in [3.63, 3.8) is 0 Å². The number of rotatable bonds is 5. The number of ether oxygens (including phenoxy) is 3. The van der Waals surface area contributed by atoms with E-state index in [0.29, 0.717) is 50.1 Å². The Labute approximate surface area is 247 Å². The van der Waals surface area contributed by atoms with E-state index in [-0.39, 0.29) is 30.1 Å². The van der Waals surface area contributed by atoms with Crippen LogP contribution in [-0.2, 0) is 34.6 Å². The van der Waals surface area contributed by atoms with Gasteiger partial charge in [-0.15, -0.1) is 0 Å². The van der Waals surface area contributed by atoms with Gasteiger partial charge in [-0.1, -0.05) is 73.5 Å². The maximum absolute atomic E-state index is 13.6. The first-order chi connectivity index (χ1) is 20.5. The van der Waals surface area contributed by atoms with Gasteiger partial charge in [0.25, 0.3) is 0 Å². The highest BCUT2D eigenvalue weighted by atomic mass is 16.6. The van der Waals surface area contributed by atoms with Gasteiger partial charge in [0.1, 0.15) is 19.8 Å². The zero-order chi connectivity index (χ0) is 28.7. The Bertz CT molecular complexity index is 1480. The van der Waals surface area contributed by atoms with Crippen LogP contribution in [0.3, 0.4) is 0 Å². The molecule has 0 N–H and O–H groups in total. The van der Waals surface area contributed by atoms with E-state index in [1.54, 1.807) is 6.92 Å². The van der Waals surface area contributed by atoms with Crippen LogP contribution >= 0.6 is 0 Å². The number of carbonyl (C=O) groups is 2. The Kier molecular flexibility index (Phi) is 7.04. The largest absolute Gasteiger partial charge is 0.486 e. The van der Waals surface area contributed by atoms with Crippen LogP contribution in [0, 0.1) is 5.92 Å². The highest BCUT2D eigenvalue weighted by molar-refractivity contribution is 5.96. The van der Waals surface area contributed by atoms with E-state index in [1.807, 2.05) is 58.3 Å². The summed E-state index contributed by atoms with van der Waals surface area (Å²) >= 11 is 0. The lowest BCUT2D eigenvalue weighted by Gasteiger charge is -2.59. The standard InChI is InChI=1S/C35H38N2O5/c1-24(38)36-18-19-40-33-31(41-22-25-10-4-2-5-11-25)21-29-27(32(33)36)20-30-28-14-8-9-15-35(28,29)16-17-37(30)34(39)42-23-26-12-6-3-7-13-26/h2-7,10-13,21,28,30H,8-9,14-20,22-23H2,1H3/t28?,30-,35-/m0/s1. The second kappa shape index (κ2) is 11.0. The van der Waals surface area contributed by atoms with Gasteiger partial charge in [0.05, 0.1) is 12.2 Å². The molecule has 4 aliphatic rings. The van der Waals surface area contributed by atoms with Crippen molar-refractivity contribution < 1.29 is 23.8 Å². The Morgan fingerprint density at radius 3 is 2.43 bits per heavy atom. The molecule has 0 radical (unpaired) electrons. The van der Waals surface area contributed by atoms with Gasteiger partial charge in [0.2, 0.25) is 5.91 Å². The summed E-state index contributed by atoms with van der Waals surface area (Å²) in [4.78, 5) is 30.4. The molecule has 0 aromatic heterocycles. The number of hydrogen-bond acceptors (Lipinski definition) is 5. The lowest BCUT2D eigenvalue weighted by molar-refractivity contribution is -0.116. The van der Waals surface area contributed by atoms with Crippen molar-refractivity contribution in [1.29, 1.82) is 0 Å². The van der Waals surface area contributed by atoms with Gasteiger partial charge >= 0.3 is 6.09 Å². The molecule has 42 heavy (non-hydrogen) atoms. The predicted molar refractivity (Wildman–Crippen MR) is 160 cm³/mol. The van der Waals surface area contributed by atoms with Crippen LogP contribution in [0.1, 0.15) is 61.3 Å². The maximum atomic E-state index is 13.6. The number of benzene rings is 3. The van der Waals surface area contributed by atoms with E-state index in [0.717, 1.165) is 54.5 Å². The van der Waals surface area contributed by atoms with Crippen LogP contribution in [0.25, 0.3) is 0 Å². The van der Waals surface area contributed by atoms with Crippen LogP contribution in [0.5, 0.6) is 11.5 Å². The van der Waals surface area contributed by atoms with E-state index >= 15 is 0 Å². The van der Waals surface area contributed by atoms with Crippen molar-refractivity contribution in [1.82, 2.24) is 4.90 Å². The normalized spacial score (nSPS) is 24.0. The number of nitrogens with zero attached hydrogens (tertiary/aromatic N) is 2. The van der Waals surface area contributed by atoms with Gasteiger partial charge < -0.3 is 24.0 Å². The Balaban J connectivity index is 1.28. The fraction of sp³-hybridized carbons (Fsp3) is 0.429. The van der Waals surface area contributed by atoms with Gasteiger partial charge in [-0.05, 0) is 59.9 Å². The fourth-order valence-electron chi connectivity index (χ4n) is 8.05. The first-order valence-electron chi connectivity index (χ1n) is 15.3. The third-order valence-corrected chi connectivity index (χ3v) is 9.92. The number of piperidine rings is 1. The number of carbonyl (C=O) groups excluding carboxylic acids is 2. The van der Waals surface area contributed by atoms with Crippen molar-refractivity contribution in [3.8, 4) is 11.5 Å². The SMILES string of the molecule is CC(=O)N1CCOc2c(OCc3ccccc3)cc3c(c21)C[C@H]1C2CCCC[C@@]32CCN1C(=O)OCc1ccccc1. The smallest absolute Gasteiger partial charge is 0.410 e. The van der Waals surface area contributed by atoms with Gasteiger partial charge in [-0.2, -0.15) is 0 Å². The zero-order valence-electron chi connectivity index (χ0n) is 24.2. The Morgan fingerprint density at radius 2 is 1.69 bits per heavy atom. The molecule has 2 aliphatic carbocycles. The number of amides is 2. The third kappa shape index (κ3) is 4.59. The summed E-state index contributed by atoms with van der Waals surface area (Å²) in [5, 5.41) is 0. The molecule has 7 rings (SSSR count). The molecule has 7 heteroatoms. The van der Waals surface area contributed by atoms with Crippen LogP contribution in [-0.4, -0.2) is 42.6 Å². The molecule has 0 spiro atoms. The van der Waals surface area contributed by atoms with Crippen LogP contribution < -0.4 is 14.4 Å². The average Bonchev–Trinajstić information content (AvgIpc) is 3.03. The van der Waals surface area contributed by atoms with E-state index in [2.05, 4.69) is 18.2 Å². The quantitative estimate of drug-likeness (QED) is 0.357. The topological polar surface area (TPSA) is 68.3 Å². The van der Waals surface area contributed by atoms with Gasteiger partial charge in [-0.3, -0.25) is 4.79 Å².